The van der Waals surface area contributed by atoms with E-state index in [-0.39, 0.29) is 18.5 Å². The number of nitrogens with one attached hydrogen (secondary N) is 1. The molecule has 0 spiro atoms. The molecule has 0 radical (unpaired) electrons. The van der Waals surface area contributed by atoms with Gasteiger partial charge < -0.3 is 15.3 Å². The summed E-state index contributed by atoms with van der Waals surface area (Å²) in [6, 6.07) is 5.21. The van der Waals surface area contributed by atoms with Gasteiger partial charge in [-0.3, -0.25) is 0 Å². The molecule has 2 N–H and O–H groups in total. The molecule has 0 saturated heterocycles. The molecule has 0 aliphatic rings. The quantitative estimate of drug-likeness (QED) is 0.797. The molecule has 0 heterocycles. The molecule has 1 aromatic carbocycles. The van der Waals surface area contributed by atoms with Crippen LogP contribution in [0.4, 0.5) is 10.1 Å². The van der Waals surface area contributed by atoms with Gasteiger partial charge >= 0.3 is 0 Å². The SMILES string of the molecule is CNC(C)c1cccc(F)c1N(C)CCCO. The maximum Gasteiger partial charge on any atom is 0.146 e. The Balaban J connectivity index is 3.02. The molecule has 1 aromatic rings. The van der Waals surface area contributed by atoms with Gasteiger partial charge in [0.2, 0.25) is 0 Å². The number of benzene rings is 1. The molecule has 4 heteroatoms. The number of anilines is 1. The number of aliphatic hydroxyl groups excluding tert-OH is 1. The maximum absolute atomic E-state index is 13.9. The Kier molecular flexibility index (Phi) is 5.38. The number of hydrogen-bond donors (Lipinski definition) is 2. The first kappa shape index (κ1) is 13.9. The summed E-state index contributed by atoms with van der Waals surface area (Å²) < 4.78 is 13.9. The predicted octanol–water partition coefficient (Wildman–Crippen LogP) is 1.92. The van der Waals surface area contributed by atoms with E-state index in [4.69, 9.17) is 5.11 Å². The first-order valence-corrected chi connectivity index (χ1v) is 5.89. The summed E-state index contributed by atoms with van der Waals surface area (Å²) >= 11 is 0. The second-order valence-corrected chi connectivity index (χ2v) is 4.19. The number of rotatable bonds is 6. The Hall–Kier alpha value is -1.13. The number of halogens is 1. The van der Waals surface area contributed by atoms with Crippen molar-refractivity contribution in [1.82, 2.24) is 5.32 Å². The third-order valence-corrected chi connectivity index (χ3v) is 2.95. The zero-order valence-electron chi connectivity index (χ0n) is 10.7. The van der Waals surface area contributed by atoms with Gasteiger partial charge in [-0.15, -0.1) is 0 Å². The van der Waals surface area contributed by atoms with E-state index in [9.17, 15) is 4.39 Å². The lowest BCUT2D eigenvalue weighted by Gasteiger charge is -2.25. The van der Waals surface area contributed by atoms with Crippen LogP contribution in [-0.4, -0.2) is 32.4 Å². The summed E-state index contributed by atoms with van der Waals surface area (Å²) in [6.45, 7) is 2.76. The molecule has 0 saturated carbocycles. The van der Waals surface area contributed by atoms with Crippen molar-refractivity contribution in [2.24, 2.45) is 0 Å². The smallest absolute Gasteiger partial charge is 0.146 e. The fourth-order valence-electron chi connectivity index (χ4n) is 1.86. The van der Waals surface area contributed by atoms with Gasteiger partial charge in [0.1, 0.15) is 5.82 Å². The molecule has 1 atom stereocenters. The minimum atomic E-state index is -0.218. The van der Waals surface area contributed by atoms with E-state index in [0.29, 0.717) is 18.7 Å². The number of aliphatic hydroxyl groups is 1. The van der Waals surface area contributed by atoms with Crippen LogP contribution in [0.1, 0.15) is 24.9 Å². The van der Waals surface area contributed by atoms with Crippen LogP contribution < -0.4 is 10.2 Å². The molecule has 0 aliphatic heterocycles. The van der Waals surface area contributed by atoms with E-state index < -0.39 is 0 Å². The van der Waals surface area contributed by atoms with Crippen LogP contribution in [0.25, 0.3) is 0 Å². The van der Waals surface area contributed by atoms with Gasteiger partial charge in [0.25, 0.3) is 0 Å². The zero-order chi connectivity index (χ0) is 12.8. The lowest BCUT2D eigenvalue weighted by molar-refractivity contribution is 0.290. The Morgan fingerprint density at radius 1 is 1.47 bits per heavy atom. The van der Waals surface area contributed by atoms with Crippen molar-refractivity contribution in [3.05, 3.63) is 29.6 Å². The fraction of sp³-hybridized carbons (Fsp3) is 0.538. The minimum absolute atomic E-state index is 0.0947. The third-order valence-electron chi connectivity index (χ3n) is 2.95. The zero-order valence-corrected chi connectivity index (χ0v) is 10.7. The van der Waals surface area contributed by atoms with E-state index in [1.807, 2.05) is 32.0 Å². The van der Waals surface area contributed by atoms with Gasteiger partial charge in [0.05, 0.1) is 5.69 Å². The topological polar surface area (TPSA) is 35.5 Å². The lowest BCUT2D eigenvalue weighted by Crippen LogP contribution is -2.24. The van der Waals surface area contributed by atoms with Crippen LogP contribution >= 0.6 is 0 Å². The van der Waals surface area contributed by atoms with E-state index >= 15 is 0 Å². The molecule has 0 fully saturated rings. The average molecular weight is 240 g/mol. The first-order valence-electron chi connectivity index (χ1n) is 5.89. The Morgan fingerprint density at radius 3 is 2.76 bits per heavy atom. The van der Waals surface area contributed by atoms with Crippen LogP contribution in [0.3, 0.4) is 0 Å². The highest BCUT2D eigenvalue weighted by Gasteiger charge is 2.16. The van der Waals surface area contributed by atoms with Gasteiger partial charge in [-0.1, -0.05) is 12.1 Å². The van der Waals surface area contributed by atoms with E-state index in [1.54, 1.807) is 6.07 Å². The highest BCUT2D eigenvalue weighted by Crippen LogP contribution is 2.28. The Morgan fingerprint density at radius 2 is 2.18 bits per heavy atom. The third kappa shape index (κ3) is 3.41. The summed E-state index contributed by atoms with van der Waals surface area (Å²) in [7, 11) is 3.70. The van der Waals surface area contributed by atoms with Crippen LogP contribution in [0, 0.1) is 5.82 Å². The molecular formula is C13H21FN2O. The van der Waals surface area contributed by atoms with Crippen LogP contribution in [0.5, 0.6) is 0 Å². The molecule has 0 amide bonds. The normalized spacial score (nSPS) is 12.5. The summed E-state index contributed by atoms with van der Waals surface area (Å²) in [6.07, 6.45) is 0.637. The predicted molar refractivity (Wildman–Crippen MR) is 68.8 cm³/mol. The van der Waals surface area contributed by atoms with Crippen molar-refractivity contribution in [3.8, 4) is 0 Å². The summed E-state index contributed by atoms with van der Waals surface area (Å²) in [5, 5.41) is 11.9. The standard InChI is InChI=1S/C13H21FN2O/c1-10(15-2)11-6-4-7-12(14)13(11)16(3)8-5-9-17/h4,6-7,10,15,17H,5,8-9H2,1-3H3. The molecule has 1 unspecified atom stereocenters. The van der Waals surface area contributed by atoms with Gasteiger partial charge in [0, 0.05) is 26.2 Å². The van der Waals surface area contributed by atoms with Crippen molar-refractivity contribution >= 4 is 5.69 Å². The van der Waals surface area contributed by atoms with E-state index in [0.717, 1.165) is 5.56 Å². The average Bonchev–Trinajstić information content (AvgIpc) is 2.34. The second-order valence-electron chi connectivity index (χ2n) is 4.19. The first-order chi connectivity index (χ1) is 8.11. The minimum Gasteiger partial charge on any atom is -0.396 e. The largest absolute Gasteiger partial charge is 0.396 e. The number of nitrogens with zero attached hydrogens (tertiary/aromatic N) is 1. The molecule has 17 heavy (non-hydrogen) atoms. The fourth-order valence-corrected chi connectivity index (χ4v) is 1.86. The van der Waals surface area contributed by atoms with Gasteiger partial charge in [-0.05, 0) is 32.0 Å². The van der Waals surface area contributed by atoms with Crippen LogP contribution in [0.15, 0.2) is 18.2 Å². The number of hydrogen-bond acceptors (Lipinski definition) is 3. The van der Waals surface area contributed by atoms with Crippen molar-refractivity contribution in [1.29, 1.82) is 0 Å². The van der Waals surface area contributed by atoms with E-state index in [1.165, 1.54) is 6.07 Å². The van der Waals surface area contributed by atoms with Gasteiger partial charge in [0.15, 0.2) is 0 Å². The molecule has 1 rings (SSSR count). The molecule has 96 valence electrons. The van der Waals surface area contributed by atoms with Crippen molar-refractivity contribution in [2.75, 3.05) is 32.1 Å². The molecule has 3 nitrogen and oxygen atoms in total. The maximum atomic E-state index is 13.9. The van der Waals surface area contributed by atoms with Crippen molar-refractivity contribution in [3.63, 3.8) is 0 Å². The molecule has 0 aromatic heterocycles. The van der Waals surface area contributed by atoms with Crippen molar-refractivity contribution in [2.45, 2.75) is 19.4 Å². The van der Waals surface area contributed by atoms with Gasteiger partial charge in [-0.2, -0.15) is 0 Å². The molecular weight excluding hydrogens is 219 g/mol. The summed E-state index contributed by atoms with van der Waals surface area (Å²) in [5.74, 6) is -0.218. The van der Waals surface area contributed by atoms with Crippen LogP contribution in [0.2, 0.25) is 0 Å². The highest BCUT2D eigenvalue weighted by molar-refractivity contribution is 5.55. The number of para-hydroxylation sites is 1. The molecule has 0 aliphatic carbocycles. The van der Waals surface area contributed by atoms with E-state index in [2.05, 4.69) is 5.32 Å². The lowest BCUT2D eigenvalue weighted by atomic mass is 10.0. The summed E-state index contributed by atoms with van der Waals surface area (Å²) in [5.41, 5.74) is 1.55. The Bertz CT molecular complexity index is 357. The second kappa shape index (κ2) is 6.57. The molecule has 0 bridgehead atoms. The Labute approximate surface area is 102 Å². The van der Waals surface area contributed by atoms with Crippen molar-refractivity contribution < 1.29 is 9.50 Å². The highest BCUT2D eigenvalue weighted by atomic mass is 19.1. The summed E-state index contributed by atoms with van der Waals surface area (Å²) in [4.78, 5) is 1.86. The van der Waals surface area contributed by atoms with Crippen LogP contribution in [-0.2, 0) is 0 Å². The van der Waals surface area contributed by atoms with Gasteiger partial charge in [-0.25, -0.2) is 4.39 Å². The monoisotopic (exact) mass is 240 g/mol.